The van der Waals surface area contributed by atoms with Gasteiger partial charge in [0.05, 0.1) is 34.5 Å². The van der Waals surface area contributed by atoms with Crippen molar-refractivity contribution in [3.05, 3.63) is 34.6 Å². The fourth-order valence-electron chi connectivity index (χ4n) is 4.00. The summed E-state index contributed by atoms with van der Waals surface area (Å²) in [5.74, 6) is -0.338. The summed E-state index contributed by atoms with van der Waals surface area (Å²) in [4.78, 5) is 26.1. The third-order valence-electron chi connectivity index (χ3n) is 5.60. The van der Waals surface area contributed by atoms with Crippen LogP contribution in [0.4, 0.5) is 35.2 Å². The van der Waals surface area contributed by atoms with Crippen LogP contribution >= 0.6 is 22.1 Å². The van der Waals surface area contributed by atoms with Crippen LogP contribution in [0.15, 0.2) is 18.5 Å². The summed E-state index contributed by atoms with van der Waals surface area (Å²) in [7, 11) is -3.36. The molecule has 4 N–H and O–H groups in total. The number of hydrogen-bond acceptors (Lipinski definition) is 8. The highest BCUT2D eigenvalue weighted by Crippen LogP contribution is 2.53. The minimum absolute atomic E-state index is 0.0192. The van der Waals surface area contributed by atoms with Gasteiger partial charge in [0.2, 0.25) is 0 Å². The highest BCUT2D eigenvalue weighted by atomic mass is 32.3. The Morgan fingerprint density at radius 1 is 1.24 bits per heavy atom. The van der Waals surface area contributed by atoms with Crippen molar-refractivity contribution in [2.75, 3.05) is 27.2 Å². The summed E-state index contributed by atoms with van der Waals surface area (Å²) in [5.41, 5.74) is 0.734. The minimum Gasteiger partial charge on any atom is -0.306 e. The zero-order valence-corrected chi connectivity index (χ0v) is 19.5. The highest BCUT2D eigenvalue weighted by Gasteiger charge is 2.40. The number of carbonyl (C=O) groups excluding carboxylic acids is 1. The number of thiazole rings is 1. The third-order valence-corrected chi connectivity index (χ3v) is 8.38. The summed E-state index contributed by atoms with van der Waals surface area (Å²) in [5, 5.41) is 5.92. The zero-order chi connectivity index (χ0) is 24.3. The largest absolute Gasteiger partial charge is 0.420 e. The van der Waals surface area contributed by atoms with Crippen LogP contribution in [0.5, 0.6) is 0 Å². The van der Waals surface area contributed by atoms with Crippen LogP contribution in [0.25, 0.3) is 10.3 Å². The Labute approximate surface area is 197 Å². The molecule has 4 heterocycles. The molecule has 1 aliphatic carbocycles. The molecule has 1 saturated heterocycles. The molecule has 0 spiro atoms. The van der Waals surface area contributed by atoms with E-state index in [9.17, 15) is 27.1 Å². The predicted molar refractivity (Wildman–Crippen MR) is 126 cm³/mol. The first-order valence-corrected chi connectivity index (χ1v) is 13.0. The number of amides is 2. The second-order valence-electron chi connectivity index (χ2n) is 8.21. The molecule has 1 aliphatic heterocycles. The predicted octanol–water partition coefficient (Wildman–Crippen LogP) is 5.81. The van der Waals surface area contributed by atoms with Gasteiger partial charge in [-0.2, -0.15) is 13.2 Å². The number of hydrogen-bond donors (Lipinski definition) is 4. The Balaban J connectivity index is 1.41. The standard InChI is InChI=1S/C20H21F3N6O3S2/c1-10-26-16-15(11-3-4-11)14(9-25-18(16)33-10)28-19(30)27-12-7-13(20(21,22)23)17(24-8-12)29-5-2-6-34(29,31)32/h7-9,11,31-32H,2-6H2,1H3,(H2,27,28,30). The van der Waals surface area contributed by atoms with E-state index in [-0.39, 0.29) is 23.9 Å². The Kier molecular flexibility index (Phi) is 5.58. The van der Waals surface area contributed by atoms with Gasteiger partial charge in [0, 0.05) is 12.1 Å². The normalized spacial score (nSPS) is 18.8. The van der Waals surface area contributed by atoms with Gasteiger partial charge in [-0.25, -0.2) is 19.7 Å². The maximum Gasteiger partial charge on any atom is 0.420 e. The molecule has 0 radical (unpaired) electrons. The molecule has 0 atom stereocenters. The van der Waals surface area contributed by atoms with Gasteiger partial charge in [-0.15, -0.1) is 10.8 Å². The molecule has 9 nitrogen and oxygen atoms in total. The molecule has 2 amide bonds. The summed E-state index contributed by atoms with van der Waals surface area (Å²) >= 11 is 1.45. The number of fused-ring (bicyclic) bond motifs is 1. The Morgan fingerprint density at radius 2 is 2.00 bits per heavy atom. The van der Waals surface area contributed by atoms with E-state index in [4.69, 9.17) is 0 Å². The molecule has 0 unspecified atom stereocenters. The number of nitrogens with one attached hydrogen (secondary N) is 2. The van der Waals surface area contributed by atoms with Crippen molar-refractivity contribution >= 4 is 55.7 Å². The summed E-state index contributed by atoms with van der Waals surface area (Å²) in [6.07, 6.45) is 0.0398. The molecule has 0 bridgehead atoms. The third kappa shape index (κ3) is 4.37. The lowest BCUT2D eigenvalue weighted by Crippen LogP contribution is -2.27. The lowest BCUT2D eigenvalue weighted by Gasteiger charge is -2.38. The van der Waals surface area contributed by atoms with Crippen molar-refractivity contribution < 1.29 is 27.1 Å². The number of nitrogens with zero attached hydrogens (tertiary/aromatic N) is 4. The van der Waals surface area contributed by atoms with Gasteiger partial charge in [0.1, 0.15) is 15.9 Å². The van der Waals surface area contributed by atoms with Gasteiger partial charge in [-0.1, -0.05) is 11.3 Å². The number of rotatable bonds is 4. The average Bonchev–Trinajstić information content (AvgIpc) is 3.41. The lowest BCUT2D eigenvalue weighted by molar-refractivity contribution is -0.137. The summed E-state index contributed by atoms with van der Waals surface area (Å²) < 4.78 is 62.3. The second-order valence-corrected chi connectivity index (χ2v) is 11.5. The number of aromatic nitrogens is 3. The first kappa shape index (κ1) is 23.1. The van der Waals surface area contributed by atoms with Crippen LogP contribution in [0, 0.1) is 6.92 Å². The van der Waals surface area contributed by atoms with Gasteiger partial charge in [0.15, 0.2) is 5.82 Å². The fraction of sp³-hybridized carbons (Fsp3) is 0.400. The number of pyridine rings is 2. The zero-order valence-electron chi connectivity index (χ0n) is 17.9. The molecule has 14 heteroatoms. The molecule has 34 heavy (non-hydrogen) atoms. The van der Waals surface area contributed by atoms with Crippen molar-refractivity contribution in [2.45, 2.75) is 38.3 Å². The van der Waals surface area contributed by atoms with Crippen LogP contribution in [0.3, 0.4) is 0 Å². The monoisotopic (exact) mass is 514 g/mol. The molecule has 5 rings (SSSR count). The average molecular weight is 515 g/mol. The molecule has 1 saturated carbocycles. The van der Waals surface area contributed by atoms with E-state index in [0.29, 0.717) is 12.1 Å². The Hall–Kier alpha value is -2.68. The van der Waals surface area contributed by atoms with Crippen LogP contribution in [-0.2, 0) is 6.18 Å². The Bertz CT molecular complexity index is 1280. The quantitative estimate of drug-likeness (QED) is 0.346. The van der Waals surface area contributed by atoms with E-state index in [1.54, 1.807) is 0 Å². The van der Waals surface area contributed by atoms with Crippen molar-refractivity contribution in [3.8, 4) is 0 Å². The molecule has 0 aromatic carbocycles. The van der Waals surface area contributed by atoms with E-state index in [1.807, 2.05) is 6.92 Å². The van der Waals surface area contributed by atoms with E-state index in [0.717, 1.165) is 50.3 Å². The smallest absolute Gasteiger partial charge is 0.306 e. The number of aryl methyl sites for hydroxylation is 1. The molecule has 3 aromatic rings. The molecular weight excluding hydrogens is 493 g/mol. The maximum atomic E-state index is 13.8. The summed E-state index contributed by atoms with van der Waals surface area (Å²) in [6, 6.07) is -0.00821. The second kappa shape index (κ2) is 8.22. The lowest BCUT2D eigenvalue weighted by atomic mass is 10.1. The van der Waals surface area contributed by atoms with E-state index in [2.05, 4.69) is 25.6 Å². The van der Waals surface area contributed by atoms with Gasteiger partial charge >= 0.3 is 12.2 Å². The maximum absolute atomic E-state index is 13.8. The van der Waals surface area contributed by atoms with Crippen LogP contribution in [-0.4, -0.2) is 42.4 Å². The van der Waals surface area contributed by atoms with Gasteiger partial charge in [0.25, 0.3) is 0 Å². The topological polar surface area (TPSA) is 124 Å². The summed E-state index contributed by atoms with van der Waals surface area (Å²) in [6.45, 7) is 1.92. The van der Waals surface area contributed by atoms with Gasteiger partial charge in [-0.3, -0.25) is 13.4 Å². The van der Waals surface area contributed by atoms with Crippen molar-refractivity contribution in [1.82, 2.24) is 15.0 Å². The first-order valence-electron chi connectivity index (χ1n) is 10.5. The number of anilines is 3. The van der Waals surface area contributed by atoms with Crippen LogP contribution in [0.1, 0.15) is 41.3 Å². The molecule has 2 aliphatic rings. The van der Waals surface area contributed by atoms with Crippen molar-refractivity contribution in [3.63, 3.8) is 0 Å². The minimum atomic E-state index is -4.81. The van der Waals surface area contributed by atoms with E-state index >= 15 is 0 Å². The Morgan fingerprint density at radius 3 is 2.65 bits per heavy atom. The number of alkyl halides is 3. The fourth-order valence-corrected chi connectivity index (χ4v) is 6.36. The van der Waals surface area contributed by atoms with Gasteiger partial charge in [-0.05, 0) is 38.2 Å². The first-order chi connectivity index (χ1) is 16.0. The number of urea groups is 1. The highest BCUT2D eigenvalue weighted by molar-refractivity contribution is 8.25. The molecule has 2 fully saturated rings. The SMILES string of the molecule is Cc1nc2c(C3CC3)c(NC(=O)Nc3cnc(N4CCCS4(O)O)c(C(F)(F)F)c3)cnc2s1. The van der Waals surface area contributed by atoms with Gasteiger partial charge < -0.3 is 10.6 Å². The van der Waals surface area contributed by atoms with Crippen molar-refractivity contribution in [2.24, 2.45) is 0 Å². The molecule has 3 aromatic heterocycles. The van der Waals surface area contributed by atoms with Crippen LogP contribution < -0.4 is 14.9 Å². The van der Waals surface area contributed by atoms with Crippen LogP contribution in [0.2, 0.25) is 0 Å². The number of carbonyl (C=O) groups is 1. The molecular formula is C20H21F3N6O3S2. The number of halogens is 3. The van der Waals surface area contributed by atoms with E-state index in [1.165, 1.54) is 17.5 Å². The van der Waals surface area contributed by atoms with E-state index < -0.39 is 34.4 Å². The molecule has 182 valence electrons. The van der Waals surface area contributed by atoms with Crippen molar-refractivity contribution in [1.29, 1.82) is 0 Å².